The SMILES string of the molecule is c1ccc(COc2cc3c(C4OCCO4)c[nH]c3cn2)cc1. The number of rotatable bonds is 4. The molecule has 0 saturated carbocycles. The van der Waals surface area contributed by atoms with Crippen LogP contribution in [-0.4, -0.2) is 23.2 Å². The van der Waals surface area contributed by atoms with Crippen molar-refractivity contribution < 1.29 is 14.2 Å². The van der Waals surface area contributed by atoms with Gasteiger partial charge in [0.05, 0.1) is 24.9 Å². The Bertz CT molecular complexity index is 764. The molecular formula is C17H16N2O3. The van der Waals surface area contributed by atoms with Crippen LogP contribution < -0.4 is 4.74 Å². The number of hydrogen-bond donors (Lipinski definition) is 1. The molecule has 0 unspecified atom stereocenters. The summed E-state index contributed by atoms with van der Waals surface area (Å²) in [5.41, 5.74) is 3.04. The summed E-state index contributed by atoms with van der Waals surface area (Å²) in [4.78, 5) is 7.51. The van der Waals surface area contributed by atoms with Crippen LogP contribution in [0.2, 0.25) is 0 Å². The zero-order valence-corrected chi connectivity index (χ0v) is 12.0. The molecule has 3 heterocycles. The van der Waals surface area contributed by atoms with Crippen molar-refractivity contribution in [3.8, 4) is 5.88 Å². The van der Waals surface area contributed by atoms with Crippen molar-refractivity contribution >= 4 is 10.9 Å². The molecule has 1 N–H and O–H groups in total. The molecule has 1 aromatic carbocycles. The molecule has 0 amide bonds. The van der Waals surface area contributed by atoms with Crippen molar-refractivity contribution in [1.29, 1.82) is 0 Å². The van der Waals surface area contributed by atoms with Crippen LogP contribution in [0.4, 0.5) is 0 Å². The van der Waals surface area contributed by atoms with Gasteiger partial charge in [-0.15, -0.1) is 0 Å². The number of hydrogen-bond acceptors (Lipinski definition) is 4. The summed E-state index contributed by atoms with van der Waals surface area (Å²) < 4.78 is 16.9. The highest BCUT2D eigenvalue weighted by Gasteiger charge is 2.22. The van der Waals surface area contributed by atoms with E-state index in [1.54, 1.807) is 6.20 Å². The quantitative estimate of drug-likeness (QED) is 0.803. The lowest BCUT2D eigenvalue weighted by Gasteiger charge is -2.08. The highest BCUT2D eigenvalue weighted by atomic mass is 16.7. The minimum atomic E-state index is -0.307. The third-order valence-electron chi connectivity index (χ3n) is 3.68. The predicted molar refractivity (Wildman–Crippen MR) is 81.5 cm³/mol. The maximum atomic E-state index is 5.78. The minimum absolute atomic E-state index is 0.307. The van der Waals surface area contributed by atoms with E-state index in [1.165, 1.54) is 0 Å². The molecule has 0 bridgehead atoms. The van der Waals surface area contributed by atoms with Gasteiger partial charge in [-0.25, -0.2) is 4.98 Å². The van der Waals surface area contributed by atoms with Crippen LogP contribution in [0, 0.1) is 0 Å². The molecule has 1 saturated heterocycles. The van der Waals surface area contributed by atoms with Gasteiger partial charge in [-0.05, 0) is 5.56 Å². The fraction of sp³-hybridized carbons (Fsp3) is 0.235. The first kappa shape index (κ1) is 13.3. The molecule has 5 heteroatoms. The van der Waals surface area contributed by atoms with Gasteiger partial charge in [-0.2, -0.15) is 0 Å². The van der Waals surface area contributed by atoms with Gasteiger partial charge < -0.3 is 19.2 Å². The normalized spacial score (nSPS) is 15.5. The third kappa shape index (κ3) is 2.56. The fourth-order valence-electron chi connectivity index (χ4n) is 2.57. The molecule has 4 rings (SSSR count). The molecule has 112 valence electrons. The van der Waals surface area contributed by atoms with Crippen molar-refractivity contribution in [3.63, 3.8) is 0 Å². The van der Waals surface area contributed by atoms with Gasteiger partial charge in [0.25, 0.3) is 0 Å². The standard InChI is InChI=1S/C17H16N2O3/c1-2-4-12(5-3-1)11-22-16-8-13-14(17-20-6-7-21-17)9-18-15(13)10-19-16/h1-5,8-10,17-18H,6-7,11H2. The molecular weight excluding hydrogens is 280 g/mol. The second-order valence-electron chi connectivity index (χ2n) is 5.16. The average Bonchev–Trinajstić information content (AvgIpc) is 3.22. The summed E-state index contributed by atoms with van der Waals surface area (Å²) >= 11 is 0. The first-order valence-corrected chi connectivity index (χ1v) is 7.27. The van der Waals surface area contributed by atoms with E-state index in [4.69, 9.17) is 14.2 Å². The topological polar surface area (TPSA) is 56.4 Å². The second-order valence-corrected chi connectivity index (χ2v) is 5.16. The predicted octanol–water partition coefficient (Wildman–Crippen LogP) is 3.19. The molecule has 0 atom stereocenters. The first-order valence-electron chi connectivity index (χ1n) is 7.27. The summed E-state index contributed by atoms with van der Waals surface area (Å²) in [7, 11) is 0. The lowest BCUT2D eigenvalue weighted by atomic mass is 10.2. The van der Waals surface area contributed by atoms with Crippen LogP contribution >= 0.6 is 0 Å². The van der Waals surface area contributed by atoms with Gasteiger partial charge in [-0.3, -0.25) is 0 Å². The Hall–Kier alpha value is -2.37. The van der Waals surface area contributed by atoms with Crippen molar-refractivity contribution in [2.24, 2.45) is 0 Å². The van der Waals surface area contributed by atoms with Crippen LogP contribution in [0.15, 0.2) is 48.8 Å². The molecule has 0 spiro atoms. The average molecular weight is 296 g/mol. The number of aromatic amines is 1. The number of pyridine rings is 1. The minimum Gasteiger partial charge on any atom is -0.473 e. The highest BCUT2D eigenvalue weighted by molar-refractivity contribution is 5.83. The Morgan fingerprint density at radius 3 is 2.82 bits per heavy atom. The van der Waals surface area contributed by atoms with E-state index in [9.17, 15) is 0 Å². The van der Waals surface area contributed by atoms with Crippen LogP contribution in [0.1, 0.15) is 17.4 Å². The summed E-state index contributed by atoms with van der Waals surface area (Å²) in [5, 5.41) is 1.02. The van der Waals surface area contributed by atoms with Crippen LogP contribution in [-0.2, 0) is 16.1 Å². The molecule has 22 heavy (non-hydrogen) atoms. The molecule has 5 nitrogen and oxygen atoms in total. The van der Waals surface area contributed by atoms with E-state index in [-0.39, 0.29) is 6.29 Å². The Balaban J connectivity index is 1.58. The Labute approximate surface area is 127 Å². The van der Waals surface area contributed by atoms with E-state index in [0.29, 0.717) is 25.7 Å². The maximum Gasteiger partial charge on any atom is 0.214 e. The number of nitrogens with one attached hydrogen (secondary N) is 1. The number of aromatic nitrogens is 2. The Morgan fingerprint density at radius 2 is 2.00 bits per heavy atom. The number of ether oxygens (including phenoxy) is 3. The number of H-pyrrole nitrogens is 1. The zero-order valence-electron chi connectivity index (χ0n) is 12.0. The molecule has 0 aliphatic carbocycles. The molecule has 3 aromatic rings. The van der Waals surface area contributed by atoms with Crippen molar-refractivity contribution in [1.82, 2.24) is 9.97 Å². The molecule has 1 aliphatic heterocycles. The summed E-state index contributed by atoms with van der Waals surface area (Å²) in [6.45, 7) is 1.75. The fourth-order valence-corrected chi connectivity index (χ4v) is 2.57. The molecule has 0 radical (unpaired) electrons. The van der Waals surface area contributed by atoms with Crippen molar-refractivity contribution in [3.05, 3.63) is 59.9 Å². The lowest BCUT2D eigenvalue weighted by Crippen LogP contribution is -1.98. The summed E-state index contributed by atoms with van der Waals surface area (Å²) in [6.07, 6.45) is 3.37. The smallest absolute Gasteiger partial charge is 0.214 e. The van der Waals surface area contributed by atoms with E-state index in [0.717, 1.165) is 22.0 Å². The van der Waals surface area contributed by atoms with Gasteiger partial charge >= 0.3 is 0 Å². The summed E-state index contributed by atoms with van der Waals surface area (Å²) in [5.74, 6) is 0.593. The van der Waals surface area contributed by atoms with Crippen LogP contribution in [0.25, 0.3) is 10.9 Å². The second kappa shape index (κ2) is 5.79. The number of fused-ring (bicyclic) bond motifs is 1. The third-order valence-corrected chi connectivity index (χ3v) is 3.68. The van der Waals surface area contributed by atoms with E-state index in [1.807, 2.05) is 42.6 Å². The van der Waals surface area contributed by atoms with Gasteiger partial charge in [0, 0.05) is 23.2 Å². The molecule has 1 fully saturated rings. The van der Waals surface area contributed by atoms with Crippen molar-refractivity contribution in [2.45, 2.75) is 12.9 Å². The van der Waals surface area contributed by atoms with E-state index >= 15 is 0 Å². The number of benzene rings is 1. The van der Waals surface area contributed by atoms with Crippen LogP contribution in [0.3, 0.4) is 0 Å². The first-order chi connectivity index (χ1) is 10.9. The summed E-state index contributed by atoms with van der Waals surface area (Å²) in [6, 6.07) is 12.0. The van der Waals surface area contributed by atoms with Gasteiger partial charge in [-0.1, -0.05) is 30.3 Å². The monoisotopic (exact) mass is 296 g/mol. The van der Waals surface area contributed by atoms with E-state index in [2.05, 4.69) is 9.97 Å². The molecule has 2 aromatic heterocycles. The van der Waals surface area contributed by atoms with Gasteiger partial charge in [0.15, 0.2) is 6.29 Å². The maximum absolute atomic E-state index is 5.78. The van der Waals surface area contributed by atoms with Gasteiger partial charge in [0.1, 0.15) is 6.61 Å². The molecule has 1 aliphatic rings. The van der Waals surface area contributed by atoms with Crippen LogP contribution in [0.5, 0.6) is 5.88 Å². The van der Waals surface area contributed by atoms with Gasteiger partial charge in [0.2, 0.25) is 5.88 Å². The lowest BCUT2D eigenvalue weighted by molar-refractivity contribution is -0.0429. The highest BCUT2D eigenvalue weighted by Crippen LogP contribution is 2.31. The Kier molecular flexibility index (Phi) is 3.50. The number of nitrogens with zero attached hydrogens (tertiary/aromatic N) is 1. The Morgan fingerprint density at radius 1 is 1.18 bits per heavy atom. The largest absolute Gasteiger partial charge is 0.473 e. The van der Waals surface area contributed by atoms with Crippen molar-refractivity contribution in [2.75, 3.05) is 13.2 Å². The van der Waals surface area contributed by atoms with E-state index < -0.39 is 0 Å². The zero-order chi connectivity index (χ0) is 14.8.